The van der Waals surface area contributed by atoms with Gasteiger partial charge in [-0.25, -0.2) is 0 Å². The average Bonchev–Trinajstić information content (AvgIpc) is 2.93. The number of amides is 2. The number of benzene rings is 1. The number of hydrogen-bond donors (Lipinski definition) is 3. The van der Waals surface area contributed by atoms with Crippen LogP contribution in [0.2, 0.25) is 10.0 Å². The van der Waals surface area contributed by atoms with Crippen LogP contribution in [0.3, 0.4) is 0 Å². The van der Waals surface area contributed by atoms with Crippen LogP contribution in [0, 0.1) is 11.8 Å². The monoisotopic (exact) mass is 406 g/mol. The molecule has 1 aromatic carbocycles. The fourth-order valence-corrected chi connectivity index (χ4v) is 3.32. The Hall–Kier alpha value is -2.71. The molecule has 1 aliphatic carbocycles. The van der Waals surface area contributed by atoms with Crippen molar-refractivity contribution in [1.82, 2.24) is 20.5 Å². The zero-order valence-corrected chi connectivity index (χ0v) is 15.5. The number of nitrogens with two attached hydrogens (primary N) is 2. The summed E-state index contributed by atoms with van der Waals surface area (Å²) >= 11 is 11.9. The largest absolute Gasteiger partial charge is 0.382 e. The minimum Gasteiger partial charge on any atom is -0.382 e. The molecule has 2 heterocycles. The van der Waals surface area contributed by atoms with Crippen LogP contribution in [0.5, 0.6) is 0 Å². The molecule has 0 unspecified atom stereocenters. The normalized spacial score (nSPS) is 20.5. The summed E-state index contributed by atoms with van der Waals surface area (Å²) in [6, 6.07) is 5.13. The Bertz CT molecular complexity index is 910. The maximum atomic E-state index is 11.1. The van der Waals surface area contributed by atoms with E-state index in [1.54, 1.807) is 18.2 Å². The first-order valence-corrected chi connectivity index (χ1v) is 8.83. The zero-order chi connectivity index (χ0) is 19.6. The van der Waals surface area contributed by atoms with Gasteiger partial charge in [0.05, 0.1) is 21.9 Å². The number of hydrogen-bond acceptors (Lipinski definition) is 7. The van der Waals surface area contributed by atoms with Gasteiger partial charge < -0.3 is 11.5 Å². The molecule has 8 nitrogen and oxygen atoms in total. The first-order chi connectivity index (χ1) is 12.9. The maximum Gasteiger partial charge on any atom is 0.242 e. The van der Waals surface area contributed by atoms with E-state index in [0.717, 1.165) is 12.8 Å². The Morgan fingerprint density at radius 2 is 1.63 bits per heavy atom. The second-order valence-corrected chi connectivity index (χ2v) is 6.80. The van der Waals surface area contributed by atoms with E-state index < -0.39 is 0 Å². The molecule has 2 amide bonds. The maximum absolute atomic E-state index is 11.1. The van der Waals surface area contributed by atoms with Gasteiger partial charge >= 0.3 is 0 Å². The molecule has 1 saturated heterocycles. The molecule has 2 aliphatic rings. The lowest BCUT2D eigenvalue weighted by Gasteiger charge is -2.14. The molecule has 1 aliphatic heterocycles. The summed E-state index contributed by atoms with van der Waals surface area (Å²) in [5.74, 6) is -0.162. The summed E-state index contributed by atoms with van der Waals surface area (Å²) in [4.78, 5) is 25.9. The smallest absolute Gasteiger partial charge is 0.242 e. The average molecular weight is 407 g/mol. The predicted octanol–water partition coefficient (Wildman–Crippen LogP) is 2.24. The van der Waals surface area contributed by atoms with E-state index in [4.69, 9.17) is 34.7 Å². The Kier molecular flexibility index (Phi) is 5.57. The molecule has 27 heavy (non-hydrogen) atoms. The molecule has 2 atom stereocenters. The van der Waals surface area contributed by atoms with E-state index in [1.165, 1.54) is 0 Å². The van der Waals surface area contributed by atoms with Crippen LogP contribution in [0.25, 0.3) is 11.3 Å². The fraction of sp³-hybridized carbons (Fsp3) is 0.235. The predicted molar refractivity (Wildman–Crippen MR) is 103 cm³/mol. The number of anilines is 2. The molecule has 0 radical (unpaired) electrons. The molecule has 0 bridgehead atoms. The summed E-state index contributed by atoms with van der Waals surface area (Å²) in [6.07, 6.45) is 5.39. The van der Waals surface area contributed by atoms with Gasteiger partial charge in [-0.05, 0) is 18.9 Å². The number of rotatable bonds is 1. The first-order valence-electron chi connectivity index (χ1n) is 8.08. The van der Waals surface area contributed by atoms with Gasteiger partial charge in [-0.1, -0.05) is 47.5 Å². The van der Waals surface area contributed by atoms with E-state index in [0.29, 0.717) is 21.3 Å². The summed E-state index contributed by atoms with van der Waals surface area (Å²) in [7, 11) is 0. The summed E-state index contributed by atoms with van der Waals surface area (Å²) in [5, 5.41) is 10.6. The van der Waals surface area contributed by atoms with Gasteiger partial charge in [0.2, 0.25) is 17.8 Å². The van der Waals surface area contributed by atoms with Crippen molar-refractivity contribution in [2.24, 2.45) is 11.8 Å². The zero-order valence-electron chi connectivity index (χ0n) is 14.0. The standard InChI is InChI=1S/C9H7Cl2N5.C8H9NO2/c10-5-3-1-2-4(6(5)11)7-8(12)14-9(13)16-15-7;10-7-5-3-1-2-4-6(5)8(11)9-7/h1-3H,(H4,12,13,14,16);1-2,5-6H,3-4H2,(H,9,10,11)/t;5-,6+. The van der Waals surface area contributed by atoms with Gasteiger partial charge in [0.1, 0.15) is 5.69 Å². The molecule has 2 aromatic rings. The van der Waals surface area contributed by atoms with Gasteiger partial charge in [-0.15, -0.1) is 10.2 Å². The Labute approximate surface area is 164 Å². The molecule has 1 fully saturated rings. The third-order valence-electron chi connectivity index (χ3n) is 4.29. The van der Waals surface area contributed by atoms with Gasteiger partial charge in [0, 0.05) is 5.56 Å². The minimum absolute atomic E-state index is 0.0133. The van der Waals surface area contributed by atoms with Crippen LogP contribution < -0.4 is 16.8 Å². The molecular formula is C17H16Cl2N6O2. The second kappa shape index (κ2) is 7.89. The van der Waals surface area contributed by atoms with Crippen molar-refractivity contribution in [2.75, 3.05) is 11.5 Å². The fourth-order valence-electron chi connectivity index (χ4n) is 2.93. The molecular weight excluding hydrogens is 391 g/mol. The van der Waals surface area contributed by atoms with Crippen molar-refractivity contribution in [2.45, 2.75) is 12.8 Å². The topological polar surface area (TPSA) is 137 Å². The third-order valence-corrected chi connectivity index (χ3v) is 5.11. The van der Waals surface area contributed by atoms with Crippen LogP contribution in [0.15, 0.2) is 30.4 Å². The number of allylic oxidation sites excluding steroid dienone is 2. The second-order valence-electron chi connectivity index (χ2n) is 6.01. The van der Waals surface area contributed by atoms with Crippen molar-refractivity contribution in [3.8, 4) is 11.3 Å². The Morgan fingerprint density at radius 1 is 1.00 bits per heavy atom. The van der Waals surface area contributed by atoms with Crippen molar-refractivity contribution in [3.63, 3.8) is 0 Å². The quantitative estimate of drug-likeness (QED) is 0.487. The lowest BCUT2D eigenvalue weighted by atomic mass is 9.85. The number of halogens is 2. The highest BCUT2D eigenvalue weighted by molar-refractivity contribution is 6.43. The van der Waals surface area contributed by atoms with Crippen molar-refractivity contribution < 1.29 is 9.59 Å². The van der Waals surface area contributed by atoms with E-state index in [2.05, 4.69) is 20.5 Å². The highest BCUT2D eigenvalue weighted by Crippen LogP contribution is 2.34. The van der Waals surface area contributed by atoms with Crippen LogP contribution in [0.1, 0.15) is 12.8 Å². The first kappa shape index (κ1) is 19.1. The third kappa shape index (κ3) is 4.01. The molecule has 0 saturated carbocycles. The molecule has 4 rings (SSSR count). The van der Waals surface area contributed by atoms with E-state index in [1.807, 2.05) is 12.2 Å². The SMILES string of the molecule is Nc1nnc(-c2cccc(Cl)c2Cl)c(N)n1.O=C1NC(=O)[C@@H]2CC=CC[C@H]12. The van der Waals surface area contributed by atoms with E-state index in [9.17, 15) is 9.59 Å². The Morgan fingerprint density at radius 3 is 2.22 bits per heavy atom. The molecule has 10 heteroatoms. The number of aromatic nitrogens is 3. The van der Waals surface area contributed by atoms with E-state index >= 15 is 0 Å². The number of carbonyl (C=O) groups excluding carboxylic acids is 2. The van der Waals surface area contributed by atoms with E-state index in [-0.39, 0.29) is 35.4 Å². The lowest BCUT2D eigenvalue weighted by molar-refractivity contribution is -0.126. The summed E-state index contributed by atoms with van der Waals surface area (Å²) in [6.45, 7) is 0. The van der Waals surface area contributed by atoms with Crippen LogP contribution in [0.4, 0.5) is 11.8 Å². The number of nitrogens with one attached hydrogen (secondary N) is 1. The molecule has 0 spiro atoms. The minimum atomic E-state index is -0.0932. The highest BCUT2D eigenvalue weighted by atomic mass is 35.5. The van der Waals surface area contributed by atoms with Gasteiger partial charge in [0.15, 0.2) is 5.82 Å². The highest BCUT2D eigenvalue weighted by Gasteiger charge is 2.40. The molecule has 140 valence electrons. The Balaban J connectivity index is 0.000000166. The molecule has 5 N–H and O–H groups in total. The lowest BCUT2D eigenvalue weighted by Crippen LogP contribution is -2.21. The number of imide groups is 1. The van der Waals surface area contributed by atoms with Crippen LogP contribution in [-0.4, -0.2) is 27.0 Å². The van der Waals surface area contributed by atoms with Crippen LogP contribution >= 0.6 is 23.2 Å². The summed E-state index contributed by atoms with van der Waals surface area (Å²) < 4.78 is 0. The summed E-state index contributed by atoms with van der Waals surface area (Å²) in [5.41, 5.74) is 12.0. The number of nitrogens with zero attached hydrogens (tertiary/aromatic N) is 3. The van der Waals surface area contributed by atoms with Gasteiger partial charge in [-0.3, -0.25) is 14.9 Å². The number of carbonyl (C=O) groups is 2. The van der Waals surface area contributed by atoms with Gasteiger partial charge in [-0.2, -0.15) is 4.98 Å². The number of nitrogen functional groups attached to an aromatic ring is 2. The van der Waals surface area contributed by atoms with Crippen LogP contribution in [-0.2, 0) is 9.59 Å². The molecule has 1 aromatic heterocycles. The van der Waals surface area contributed by atoms with Crippen molar-refractivity contribution >= 4 is 46.8 Å². The van der Waals surface area contributed by atoms with Gasteiger partial charge in [0.25, 0.3) is 0 Å². The van der Waals surface area contributed by atoms with Crippen molar-refractivity contribution in [1.29, 1.82) is 0 Å². The number of fused-ring (bicyclic) bond motifs is 1. The van der Waals surface area contributed by atoms with Crippen molar-refractivity contribution in [3.05, 3.63) is 40.4 Å².